The molecule has 0 saturated carbocycles. The summed E-state index contributed by atoms with van der Waals surface area (Å²) in [4.78, 5) is 15.4. The van der Waals surface area contributed by atoms with E-state index < -0.39 is 12.0 Å². The van der Waals surface area contributed by atoms with Gasteiger partial charge < -0.3 is 20.0 Å². The zero-order valence-corrected chi connectivity index (χ0v) is 11.9. The van der Waals surface area contributed by atoms with Gasteiger partial charge in [0.1, 0.15) is 6.04 Å². The number of hydrogen-bond donors (Lipinski definition) is 1. The predicted octanol–water partition coefficient (Wildman–Crippen LogP) is 1.40. The first kappa shape index (κ1) is 14.4. The van der Waals surface area contributed by atoms with E-state index in [4.69, 9.17) is 16.3 Å². The molecule has 0 radical (unpaired) electrons. The van der Waals surface area contributed by atoms with Gasteiger partial charge in [-0.1, -0.05) is 35.9 Å². The summed E-state index contributed by atoms with van der Waals surface area (Å²) in [5.74, 6) is -1.29. The Morgan fingerprint density at radius 2 is 2.20 bits per heavy atom. The van der Waals surface area contributed by atoms with Crippen molar-refractivity contribution in [3.8, 4) is 0 Å². The van der Waals surface area contributed by atoms with Crippen LogP contribution in [0.2, 0.25) is 0 Å². The van der Waals surface area contributed by atoms with Crippen molar-refractivity contribution in [3.63, 3.8) is 0 Å². The second-order valence-corrected chi connectivity index (χ2v) is 4.78. The molecular weight excluding hydrogens is 280 g/mol. The molecule has 1 atom stereocenters. The van der Waals surface area contributed by atoms with E-state index in [2.05, 4.69) is 10.3 Å². The molecule has 0 unspecified atom stereocenters. The maximum absolute atomic E-state index is 11.3. The Bertz CT molecular complexity index is 592. The number of aliphatic imine (C=N–C) groups is 1. The van der Waals surface area contributed by atoms with Gasteiger partial charge in [-0.05, 0) is 19.4 Å². The molecule has 0 aromatic heterocycles. The Morgan fingerprint density at radius 1 is 1.50 bits per heavy atom. The summed E-state index contributed by atoms with van der Waals surface area (Å²) >= 11 is 6.09. The zero-order chi connectivity index (χ0) is 14.7. The fraction of sp³-hybridized carbons (Fsp3) is 0.286. The number of carboxylic acids is 1. The first-order chi connectivity index (χ1) is 9.54. The second-order valence-electron chi connectivity index (χ2n) is 4.21. The van der Waals surface area contributed by atoms with E-state index in [1.807, 2.05) is 0 Å². The number of carboxylic acid groups (broad SMARTS) is 1. The van der Waals surface area contributed by atoms with Gasteiger partial charge in [0.05, 0.1) is 18.3 Å². The predicted molar refractivity (Wildman–Crippen MR) is 74.8 cm³/mol. The Kier molecular flexibility index (Phi) is 4.29. The Morgan fingerprint density at radius 3 is 2.80 bits per heavy atom. The normalized spacial score (nSPS) is 20.1. The average molecular weight is 294 g/mol. The minimum absolute atomic E-state index is 0.118. The molecule has 1 N–H and O–H groups in total. The Hall–Kier alpha value is -2.01. The van der Waals surface area contributed by atoms with E-state index in [0.717, 1.165) is 0 Å². The summed E-state index contributed by atoms with van der Waals surface area (Å²) in [6.45, 7) is 3.85. The summed E-state index contributed by atoms with van der Waals surface area (Å²) in [5.41, 5.74) is 1.77. The molecule has 20 heavy (non-hydrogen) atoms. The molecule has 6 heteroatoms. The molecule has 0 fully saturated rings. The number of amidine groups is 1. The number of fused-ring (bicyclic) bond motifs is 1. The lowest BCUT2D eigenvalue weighted by atomic mass is 9.98. The largest absolute Gasteiger partial charge is 0.547 e. The summed E-state index contributed by atoms with van der Waals surface area (Å²) in [6, 6.07) is 6.01. The van der Waals surface area contributed by atoms with Crippen LogP contribution in [0.3, 0.4) is 0 Å². The van der Waals surface area contributed by atoms with Crippen LogP contribution in [0.4, 0.5) is 0 Å². The maximum atomic E-state index is 11.3. The number of halogens is 1. The van der Waals surface area contributed by atoms with Gasteiger partial charge in [-0.25, -0.2) is 4.99 Å². The molecular formula is C14H14ClN2O3-. The SMILES string of the molecule is CCOC1=N[C@H](C(=O)[O-])c2ccccc2/C(=C(/C)Cl)N1. The highest BCUT2D eigenvalue weighted by Crippen LogP contribution is 2.31. The molecule has 0 bridgehead atoms. The lowest BCUT2D eigenvalue weighted by Crippen LogP contribution is -2.30. The second kappa shape index (κ2) is 5.96. The highest BCUT2D eigenvalue weighted by Gasteiger charge is 2.24. The molecule has 0 spiro atoms. The van der Waals surface area contributed by atoms with Crippen LogP contribution in [0.5, 0.6) is 0 Å². The van der Waals surface area contributed by atoms with Gasteiger partial charge in [0.15, 0.2) is 0 Å². The highest BCUT2D eigenvalue weighted by molar-refractivity contribution is 6.32. The van der Waals surface area contributed by atoms with E-state index in [0.29, 0.717) is 28.5 Å². The fourth-order valence-corrected chi connectivity index (χ4v) is 2.17. The quantitative estimate of drug-likeness (QED) is 0.894. The third-order valence-electron chi connectivity index (χ3n) is 2.85. The minimum atomic E-state index is -1.29. The van der Waals surface area contributed by atoms with Crippen molar-refractivity contribution in [2.24, 2.45) is 4.99 Å². The number of nitrogens with one attached hydrogen (secondary N) is 1. The number of nitrogens with zero attached hydrogens (tertiary/aromatic N) is 1. The first-order valence-corrected chi connectivity index (χ1v) is 6.56. The van der Waals surface area contributed by atoms with Gasteiger partial charge in [-0.15, -0.1) is 0 Å². The standard InChI is InChI=1S/C14H15ClN2O3/c1-3-20-14-16-11(8(2)15)9-6-4-5-7-10(9)12(17-14)13(18)19/h4-7,12H,3H2,1-2H3,(H,16,17)(H,18,19)/p-1/b11-8+/t12-/m0/s1. The van der Waals surface area contributed by atoms with Crippen LogP contribution in [0.25, 0.3) is 5.70 Å². The number of carbonyl (C=O) groups excluding carboxylic acids is 1. The van der Waals surface area contributed by atoms with Crippen LogP contribution in [0.15, 0.2) is 34.3 Å². The summed E-state index contributed by atoms with van der Waals surface area (Å²) in [5, 5.41) is 14.8. The van der Waals surface area contributed by atoms with Gasteiger partial charge in [0, 0.05) is 10.6 Å². The molecule has 1 aliphatic rings. The molecule has 0 aliphatic carbocycles. The van der Waals surface area contributed by atoms with Crippen LogP contribution in [-0.2, 0) is 9.53 Å². The third kappa shape index (κ3) is 2.77. The van der Waals surface area contributed by atoms with Gasteiger partial charge in [-0.3, -0.25) is 0 Å². The van der Waals surface area contributed by atoms with Gasteiger partial charge in [-0.2, -0.15) is 0 Å². The Labute approximate surface area is 121 Å². The average Bonchev–Trinajstić information content (AvgIpc) is 2.57. The number of ether oxygens (including phenoxy) is 1. The molecule has 106 valence electrons. The topological polar surface area (TPSA) is 73.8 Å². The number of hydrogen-bond acceptors (Lipinski definition) is 5. The molecule has 1 heterocycles. The molecule has 0 saturated heterocycles. The van der Waals surface area contributed by atoms with Gasteiger partial charge in [0.25, 0.3) is 6.02 Å². The summed E-state index contributed by atoms with van der Waals surface area (Å²) < 4.78 is 5.31. The van der Waals surface area contributed by atoms with Crippen molar-refractivity contribution in [2.45, 2.75) is 19.9 Å². The van der Waals surface area contributed by atoms with Crippen LogP contribution >= 0.6 is 11.6 Å². The minimum Gasteiger partial charge on any atom is -0.547 e. The fourth-order valence-electron chi connectivity index (χ4n) is 2.02. The van der Waals surface area contributed by atoms with Crippen molar-refractivity contribution in [1.29, 1.82) is 0 Å². The van der Waals surface area contributed by atoms with Crippen molar-refractivity contribution in [2.75, 3.05) is 6.61 Å². The van der Waals surface area contributed by atoms with Gasteiger partial charge in [0.2, 0.25) is 0 Å². The first-order valence-electron chi connectivity index (χ1n) is 6.18. The van der Waals surface area contributed by atoms with Gasteiger partial charge >= 0.3 is 0 Å². The maximum Gasteiger partial charge on any atom is 0.290 e. The van der Waals surface area contributed by atoms with E-state index in [-0.39, 0.29) is 6.02 Å². The van der Waals surface area contributed by atoms with Crippen molar-refractivity contribution >= 4 is 29.3 Å². The van der Waals surface area contributed by atoms with E-state index in [1.165, 1.54) is 0 Å². The summed E-state index contributed by atoms with van der Waals surface area (Å²) in [6.07, 6.45) is 0. The highest BCUT2D eigenvalue weighted by atomic mass is 35.5. The van der Waals surface area contributed by atoms with Crippen molar-refractivity contribution in [3.05, 3.63) is 40.4 Å². The van der Waals surface area contributed by atoms with E-state index in [9.17, 15) is 9.90 Å². The number of rotatable bonds is 2. The number of aliphatic carboxylic acids is 1. The smallest absolute Gasteiger partial charge is 0.290 e. The van der Waals surface area contributed by atoms with Crippen LogP contribution < -0.4 is 10.4 Å². The third-order valence-corrected chi connectivity index (χ3v) is 3.04. The number of benzene rings is 1. The molecule has 5 nitrogen and oxygen atoms in total. The number of allylic oxidation sites excluding steroid dienone is 1. The molecule has 1 aromatic carbocycles. The zero-order valence-electron chi connectivity index (χ0n) is 11.1. The van der Waals surface area contributed by atoms with Crippen LogP contribution in [0.1, 0.15) is 31.0 Å². The lowest BCUT2D eigenvalue weighted by Gasteiger charge is -2.15. The molecule has 0 amide bonds. The monoisotopic (exact) mass is 293 g/mol. The molecule has 1 aliphatic heterocycles. The van der Waals surface area contributed by atoms with E-state index in [1.54, 1.807) is 38.1 Å². The van der Waals surface area contributed by atoms with Crippen molar-refractivity contribution < 1.29 is 14.6 Å². The number of carbonyl (C=O) groups is 1. The van der Waals surface area contributed by atoms with Crippen molar-refractivity contribution in [1.82, 2.24) is 5.32 Å². The molecule has 1 aromatic rings. The van der Waals surface area contributed by atoms with Crippen LogP contribution in [-0.4, -0.2) is 18.6 Å². The van der Waals surface area contributed by atoms with E-state index >= 15 is 0 Å². The van der Waals surface area contributed by atoms with Crippen LogP contribution in [0, 0.1) is 0 Å². The molecule has 2 rings (SSSR count). The lowest BCUT2D eigenvalue weighted by molar-refractivity contribution is -0.307. The summed E-state index contributed by atoms with van der Waals surface area (Å²) in [7, 11) is 0. The Balaban J connectivity index is 2.63.